The fourth-order valence-electron chi connectivity index (χ4n) is 3.24. The summed E-state index contributed by atoms with van der Waals surface area (Å²) in [6.07, 6.45) is 3.70. The molecule has 0 aliphatic carbocycles. The second-order valence-corrected chi connectivity index (χ2v) is 6.39. The van der Waals surface area contributed by atoms with Crippen molar-refractivity contribution in [3.8, 4) is 17.1 Å². The van der Waals surface area contributed by atoms with Crippen LogP contribution in [-0.4, -0.2) is 9.55 Å². The van der Waals surface area contributed by atoms with Gasteiger partial charge in [0.15, 0.2) is 0 Å². The fraction of sp³-hybridized carbons (Fsp3) is 0.0800. The average molecular weight is 387 g/mol. The van der Waals surface area contributed by atoms with Crippen LogP contribution in [0.4, 0.5) is 0 Å². The largest absolute Gasteiger partial charge is 0.292 e. The van der Waals surface area contributed by atoms with Crippen molar-refractivity contribution in [2.24, 2.45) is 0 Å². The molecule has 4 rings (SSSR count). The summed E-state index contributed by atoms with van der Waals surface area (Å²) < 4.78 is 2.15. The lowest BCUT2D eigenvalue weighted by Crippen LogP contribution is -1.99. The maximum absolute atomic E-state index is 6.09. The van der Waals surface area contributed by atoms with Crippen molar-refractivity contribution in [2.75, 3.05) is 0 Å². The van der Waals surface area contributed by atoms with Crippen LogP contribution in [0, 0.1) is 0 Å². The molecule has 0 N–H and O–H groups in total. The molecule has 1 heterocycles. The normalized spacial score (nSPS) is 10.2. The molecule has 0 bridgehead atoms. The topological polar surface area (TPSA) is 17.8 Å². The number of aromatic nitrogens is 2. The second kappa shape index (κ2) is 8.73. The second-order valence-electron chi connectivity index (χ2n) is 5.95. The Morgan fingerprint density at radius 2 is 1.57 bits per heavy atom. The van der Waals surface area contributed by atoms with Gasteiger partial charge in [-0.2, -0.15) is 0 Å². The summed E-state index contributed by atoms with van der Waals surface area (Å²) in [4.78, 5) is 4.91. The van der Waals surface area contributed by atoms with E-state index in [0.29, 0.717) is 5.02 Å². The van der Waals surface area contributed by atoms with Crippen molar-refractivity contribution < 1.29 is 0 Å². The van der Waals surface area contributed by atoms with Crippen LogP contribution >= 0.6 is 11.6 Å². The Balaban J connectivity index is 0.00000109. The van der Waals surface area contributed by atoms with Crippen molar-refractivity contribution in [3.63, 3.8) is 0 Å². The highest BCUT2D eigenvalue weighted by molar-refractivity contribution is 6.30. The van der Waals surface area contributed by atoms with Crippen LogP contribution in [0.15, 0.2) is 79.9 Å². The Kier molecular flexibility index (Phi) is 6.13. The van der Waals surface area contributed by atoms with Crippen LogP contribution in [0.1, 0.15) is 25.0 Å². The minimum absolute atomic E-state index is 0.708. The summed E-state index contributed by atoms with van der Waals surface area (Å²) in [7, 11) is 0. The zero-order valence-corrected chi connectivity index (χ0v) is 16.9. The third-order valence-electron chi connectivity index (χ3n) is 4.45. The SMILES string of the molecule is C=Cc1cccc(-c2nc3ccccc3n2-c2ccc(Cl)cc2)c1C=C.CC. The number of benzene rings is 3. The summed E-state index contributed by atoms with van der Waals surface area (Å²) in [5.41, 5.74) is 6.07. The van der Waals surface area contributed by atoms with Crippen molar-refractivity contribution in [3.05, 3.63) is 96.0 Å². The smallest absolute Gasteiger partial charge is 0.146 e. The molecule has 0 unspecified atom stereocenters. The zero-order chi connectivity index (χ0) is 20.1. The molecular formula is C25H23ClN2. The van der Waals surface area contributed by atoms with Crippen LogP contribution in [0.2, 0.25) is 5.02 Å². The van der Waals surface area contributed by atoms with E-state index in [-0.39, 0.29) is 0 Å². The van der Waals surface area contributed by atoms with E-state index in [4.69, 9.17) is 16.6 Å². The highest BCUT2D eigenvalue weighted by atomic mass is 35.5. The molecule has 3 heteroatoms. The molecule has 0 saturated heterocycles. The van der Waals surface area contributed by atoms with Gasteiger partial charge in [-0.3, -0.25) is 4.57 Å². The van der Waals surface area contributed by atoms with Crippen LogP contribution in [0.5, 0.6) is 0 Å². The van der Waals surface area contributed by atoms with Gasteiger partial charge in [-0.1, -0.05) is 81.1 Å². The van der Waals surface area contributed by atoms with Gasteiger partial charge in [-0.05, 0) is 47.5 Å². The lowest BCUT2D eigenvalue weighted by atomic mass is 10.00. The maximum Gasteiger partial charge on any atom is 0.146 e. The van der Waals surface area contributed by atoms with Gasteiger partial charge in [-0.15, -0.1) is 0 Å². The Bertz CT molecular complexity index is 1120. The summed E-state index contributed by atoms with van der Waals surface area (Å²) in [5.74, 6) is 0.868. The Morgan fingerprint density at radius 1 is 0.857 bits per heavy atom. The molecule has 4 aromatic rings. The highest BCUT2D eigenvalue weighted by Crippen LogP contribution is 2.33. The molecule has 2 nitrogen and oxygen atoms in total. The fourth-order valence-corrected chi connectivity index (χ4v) is 3.37. The van der Waals surface area contributed by atoms with Gasteiger partial charge in [0.05, 0.1) is 11.0 Å². The first-order valence-corrected chi connectivity index (χ1v) is 9.72. The van der Waals surface area contributed by atoms with Gasteiger partial charge in [0.2, 0.25) is 0 Å². The van der Waals surface area contributed by atoms with Gasteiger partial charge >= 0.3 is 0 Å². The third kappa shape index (κ3) is 3.51. The monoisotopic (exact) mass is 386 g/mol. The molecular weight excluding hydrogens is 364 g/mol. The van der Waals surface area contributed by atoms with Crippen LogP contribution in [0.3, 0.4) is 0 Å². The summed E-state index contributed by atoms with van der Waals surface area (Å²) >= 11 is 6.09. The number of hydrogen-bond donors (Lipinski definition) is 0. The van der Waals surface area contributed by atoms with E-state index >= 15 is 0 Å². The van der Waals surface area contributed by atoms with Crippen molar-refractivity contribution in [1.29, 1.82) is 0 Å². The average Bonchev–Trinajstić information content (AvgIpc) is 3.14. The van der Waals surface area contributed by atoms with E-state index in [1.165, 1.54) is 0 Å². The van der Waals surface area contributed by atoms with Gasteiger partial charge in [0, 0.05) is 16.3 Å². The minimum Gasteiger partial charge on any atom is -0.292 e. The molecule has 0 saturated carbocycles. The number of imidazole rings is 1. The zero-order valence-electron chi connectivity index (χ0n) is 16.2. The molecule has 0 amide bonds. The molecule has 0 aliphatic rings. The minimum atomic E-state index is 0.708. The van der Waals surface area contributed by atoms with Crippen molar-refractivity contribution in [1.82, 2.24) is 9.55 Å². The highest BCUT2D eigenvalue weighted by Gasteiger charge is 2.17. The lowest BCUT2D eigenvalue weighted by Gasteiger charge is -2.13. The van der Waals surface area contributed by atoms with Crippen molar-refractivity contribution >= 4 is 34.8 Å². The Morgan fingerprint density at radius 3 is 2.25 bits per heavy atom. The van der Waals surface area contributed by atoms with E-state index < -0.39 is 0 Å². The first-order valence-electron chi connectivity index (χ1n) is 9.34. The Hall–Kier alpha value is -3.10. The molecule has 0 radical (unpaired) electrons. The van der Waals surface area contributed by atoms with Crippen LogP contribution < -0.4 is 0 Å². The quantitative estimate of drug-likeness (QED) is 0.352. The van der Waals surface area contributed by atoms with Crippen LogP contribution in [-0.2, 0) is 0 Å². The predicted octanol–water partition coefficient (Wildman–Crippen LogP) is 7.66. The molecule has 1 aromatic heterocycles. The molecule has 0 aliphatic heterocycles. The number of fused-ring (bicyclic) bond motifs is 1. The Labute approximate surface area is 171 Å². The number of halogens is 1. The third-order valence-corrected chi connectivity index (χ3v) is 4.70. The maximum atomic E-state index is 6.09. The van der Waals surface area contributed by atoms with E-state index in [1.807, 2.05) is 80.6 Å². The predicted molar refractivity (Wildman–Crippen MR) is 123 cm³/mol. The summed E-state index contributed by atoms with van der Waals surface area (Å²) in [5, 5.41) is 0.708. The number of nitrogens with zero attached hydrogens (tertiary/aromatic N) is 2. The van der Waals surface area contributed by atoms with Gasteiger partial charge < -0.3 is 0 Å². The van der Waals surface area contributed by atoms with E-state index in [2.05, 4.69) is 29.9 Å². The molecule has 0 atom stereocenters. The van der Waals surface area contributed by atoms with Gasteiger partial charge in [0.1, 0.15) is 5.82 Å². The number of rotatable bonds is 4. The van der Waals surface area contributed by atoms with E-state index in [9.17, 15) is 0 Å². The van der Waals surface area contributed by atoms with Gasteiger partial charge in [0.25, 0.3) is 0 Å². The van der Waals surface area contributed by atoms with Gasteiger partial charge in [-0.25, -0.2) is 4.98 Å². The molecule has 3 aromatic carbocycles. The lowest BCUT2D eigenvalue weighted by molar-refractivity contribution is 1.10. The first-order chi connectivity index (χ1) is 13.7. The van der Waals surface area contributed by atoms with Crippen molar-refractivity contribution in [2.45, 2.75) is 13.8 Å². The summed E-state index contributed by atoms with van der Waals surface area (Å²) in [6.45, 7) is 11.9. The number of hydrogen-bond acceptors (Lipinski definition) is 1. The van der Waals surface area contributed by atoms with Crippen LogP contribution in [0.25, 0.3) is 40.3 Å². The molecule has 140 valence electrons. The molecule has 28 heavy (non-hydrogen) atoms. The van der Waals surface area contributed by atoms with E-state index in [1.54, 1.807) is 0 Å². The first kappa shape index (κ1) is 19.7. The number of para-hydroxylation sites is 2. The standard InChI is InChI=1S/C23H17ClN2.C2H6/c1-3-16-8-7-9-20(19(16)4-2)23-25-21-10-5-6-11-22(21)26(23)18-14-12-17(24)13-15-18;1-2/h3-15H,1-2H2;1-2H3. The summed E-state index contributed by atoms with van der Waals surface area (Å²) in [6, 6.07) is 22.0. The molecule has 0 spiro atoms. The molecule has 0 fully saturated rings. The van der Waals surface area contributed by atoms with E-state index in [0.717, 1.165) is 39.2 Å².